The Morgan fingerprint density at radius 2 is 2.11 bits per heavy atom. The highest BCUT2D eigenvalue weighted by Gasteiger charge is 2.18. The SMILES string of the molecule is CC(C)N(C(=O)CCl)c1cccc(NC(=O)[O-])c1. The third kappa shape index (κ3) is 3.63. The molecule has 1 aromatic rings. The fourth-order valence-electron chi connectivity index (χ4n) is 1.65. The maximum absolute atomic E-state index is 11.7. The highest BCUT2D eigenvalue weighted by atomic mass is 35.5. The first-order valence-corrected chi connectivity index (χ1v) is 5.95. The van der Waals surface area contributed by atoms with Gasteiger partial charge < -0.3 is 20.1 Å². The molecule has 6 heteroatoms. The standard InChI is InChI=1S/C12H15ClN2O3/c1-8(2)15(11(16)7-13)10-5-3-4-9(6-10)14-12(17)18/h3-6,8,14H,7H2,1-2H3,(H,17,18)/p-1. The van der Waals surface area contributed by atoms with E-state index in [1.54, 1.807) is 24.3 Å². The van der Waals surface area contributed by atoms with Crippen molar-refractivity contribution < 1.29 is 14.7 Å². The summed E-state index contributed by atoms with van der Waals surface area (Å²) in [5.41, 5.74) is 0.933. The van der Waals surface area contributed by atoms with E-state index >= 15 is 0 Å². The third-order valence-corrected chi connectivity index (χ3v) is 2.50. The van der Waals surface area contributed by atoms with Crippen LogP contribution >= 0.6 is 11.6 Å². The molecule has 98 valence electrons. The Morgan fingerprint density at radius 3 is 2.61 bits per heavy atom. The van der Waals surface area contributed by atoms with Crippen LogP contribution in [0.25, 0.3) is 0 Å². The lowest BCUT2D eigenvalue weighted by Crippen LogP contribution is -2.38. The average Bonchev–Trinajstić information content (AvgIpc) is 2.28. The molecule has 5 nitrogen and oxygen atoms in total. The maximum Gasteiger partial charge on any atom is 0.242 e. The Kier molecular flexibility index (Phi) is 4.97. The van der Waals surface area contributed by atoms with E-state index in [4.69, 9.17) is 11.6 Å². The molecule has 1 N–H and O–H groups in total. The number of hydrogen-bond donors (Lipinski definition) is 1. The molecule has 0 bridgehead atoms. The molecule has 1 rings (SSSR count). The minimum atomic E-state index is -1.40. The molecular weight excluding hydrogens is 256 g/mol. The molecule has 0 aliphatic heterocycles. The van der Waals surface area contributed by atoms with Crippen molar-refractivity contribution in [1.29, 1.82) is 0 Å². The molecule has 2 amide bonds. The number of anilines is 2. The molecule has 0 aliphatic carbocycles. The monoisotopic (exact) mass is 269 g/mol. The van der Waals surface area contributed by atoms with Crippen molar-refractivity contribution in [3.05, 3.63) is 24.3 Å². The summed E-state index contributed by atoms with van der Waals surface area (Å²) < 4.78 is 0. The molecule has 0 radical (unpaired) electrons. The third-order valence-electron chi connectivity index (χ3n) is 2.27. The number of carboxylic acid groups (broad SMARTS) is 1. The van der Waals surface area contributed by atoms with E-state index < -0.39 is 6.09 Å². The zero-order chi connectivity index (χ0) is 13.7. The Labute approximate surface area is 110 Å². The van der Waals surface area contributed by atoms with Crippen LogP contribution in [0.5, 0.6) is 0 Å². The summed E-state index contributed by atoms with van der Waals surface area (Å²) in [6.07, 6.45) is -1.40. The average molecular weight is 270 g/mol. The molecule has 0 saturated carbocycles. The molecule has 1 aromatic carbocycles. The van der Waals surface area contributed by atoms with E-state index in [-0.39, 0.29) is 17.8 Å². The maximum atomic E-state index is 11.7. The van der Waals surface area contributed by atoms with E-state index in [0.29, 0.717) is 11.4 Å². The van der Waals surface area contributed by atoms with Crippen LogP contribution in [-0.4, -0.2) is 23.9 Å². The second-order valence-electron chi connectivity index (χ2n) is 3.95. The number of carbonyl (C=O) groups excluding carboxylic acids is 2. The van der Waals surface area contributed by atoms with Gasteiger partial charge in [0.1, 0.15) is 12.0 Å². The number of nitrogens with zero attached hydrogens (tertiary/aromatic N) is 1. The number of amides is 2. The van der Waals surface area contributed by atoms with Gasteiger partial charge >= 0.3 is 0 Å². The number of carbonyl (C=O) groups is 2. The fraction of sp³-hybridized carbons (Fsp3) is 0.333. The number of benzene rings is 1. The Bertz CT molecular complexity index is 449. The van der Waals surface area contributed by atoms with Gasteiger partial charge in [0.25, 0.3) is 0 Å². The van der Waals surface area contributed by atoms with Crippen LogP contribution < -0.4 is 15.3 Å². The van der Waals surface area contributed by atoms with E-state index in [1.165, 1.54) is 4.90 Å². The molecule has 0 aromatic heterocycles. The zero-order valence-electron chi connectivity index (χ0n) is 10.1. The van der Waals surface area contributed by atoms with Crippen molar-refractivity contribution in [2.45, 2.75) is 19.9 Å². The topological polar surface area (TPSA) is 72.5 Å². The van der Waals surface area contributed by atoms with E-state index in [9.17, 15) is 14.7 Å². The van der Waals surface area contributed by atoms with Crippen molar-refractivity contribution in [3.8, 4) is 0 Å². The van der Waals surface area contributed by atoms with Gasteiger partial charge in [0.2, 0.25) is 5.91 Å². The van der Waals surface area contributed by atoms with Crippen LogP contribution in [0.4, 0.5) is 16.2 Å². The van der Waals surface area contributed by atoms with Crippen LogP contribution in [0.15, 0.2) is 24.3 Å². The van der Waals surface area contributed by atoms with Gasteiger partial charge in [-0.25, -0.2) is 0 Å². The molecule has 0 heterocycles. The van der Waals surface area contributed by atoms with Gasteiger partial charge in [-0.1, -0.05) is 6.07 Å². The summed E-state index contributed by atoms with van der Waals surface area (Å²) in [4.78, 5) is 23.7. The van der Waals surface area contributed by atoms with Gasteiger partial charge in [-0.15, -0.1) is 11.6 Å². The van der Waals surface area contributed by atoms with Crippen molar-refractivity contribution in [1.82, 2.24) is 0 Å². The lowest BCUT2D eigenvalue weighted by Gasteiger charge is -2.26. The predicted molar refractivity (Wildman–Crippen MR) is 68.8 cm³/mol. The molecule has 0 aliphatic rings. The van der Waals surface area contributed by atoms with Gasteiger partial charge in [-0.3, -0.25) is 4.79 Å². The first-order chi connectivity index (χ1) is 8.45. The van der Waals surface area contributed by atoms with Crippen LogP contribution in [0.1, 0.15) is 13.8 Å². The lowest BCUT2D eigenvalue weighted by atomic mass is 10.2. The lowest BCUT2D eigenvalue weighted by molar-refractivity contribution is -0.242. The second-order valence-corrected chi connectivity index (χ2v) is 4.22. The first-order valence-electron chi connectivity index (χ1n) is 5.41. The Hall–Kier alpha value is -1.75. The van der Waals surface area contributed by atoms with Crippen molar-refractivity contribution in [2.24, 2.45) is 0 Å². The van der Waals surface area contributed by atoms with Crippen molar-refractivity contribution >= 4 is 35.0 Å². The number of halogens is 1. The number of alkyl halides is 1. The van der Waals surface area contributed by atoms with Gasteiger partial charge in [-0.05, 0) is 32.0 Å². The number of hydrogen-bond acceptors (Lipinski definition) is 3. The van der Waals surface area contributed by atoms with E-state index in [1.807, 2.05) is 13.8 Å². The smallest absolute Gasteiger partial charge is 0.242 e. The Balaban J connectivity index is 3.05. The second kappa shape index (κ2) is 6.26. The quantitative estimate of drug-likeness (QED) is 0.840. The molecule has 18 heavy (non-hydrogen) atoms. The van der Waals surface area contributed by atoms with E-state index in [2.05, 4.69) is 5.32 Å². The van der Waals surface area contributed by atoms with Crippen LogP contribution in [0.3, 0.4) is 0 Å². The van der Waals surface area contributed by atoms with Crippen molar-refractivity contribution in [2.75, 3.05) is 16.1 Å². The predicted octanol–water partition coefficient (Wildman–Crippen LogP) is 1.42. The van der Waals surface area contributed by atoms with Crippen LogP contribution in [-0.2, 0) is 4.79 Å². The summed E-state index contributed by atoms with van der Waals surface area (Å²) in [5, 5.41) is 12.6. The zero-order valence-corrected chi connectivity index (χ0v) is 10.9. The van der Waals surface area contributed by atoms with Gasteiger partial charge in [-0.2, -0.15) is 0 Å². The van der Waals surface area contributed by atoms with E-state index in [0.717, 1.165) is 0 Å². The van der Waals surface area contributed by atoms with Gasteiger partial charge in [0.15, 0.2) is 0 Å². The molecule has 0 atom stereocenters. The summed E-state index contributed by atoms with van der Waals surface area (Å²) >= 11 is 5.55. The van der Waals surface area contributed by atoms with Crippen LogP contribution in [0.2, 0.25) is 0 Å². The first kappa shape index (κ1) is 14.3. The summed E-state index contributed by atoms with van der Waals surface area (Å²) in [6.45, 7) is 3.70. The summed E-state index contributed by atoms with van der Waals surface area (Å²) in [6, 6.07) is 6.42. The molecule has 0 saturated heterocycles. The van der Waals surface area contributed by atoms with Gasteiger partial charge in [0.05, 0.1) is 0 Å². The number of nitrogens with one attached hydrogen (secondary N) is 1. The minimum absolute atomic E-state index is 0.0746. The summed E-state index contributed by atoms with van der Waals surface area (Å²) in [5.74, 6) is -0.367. The highest BCUT2D eigenvalue weighted by Crippen LogP contribution is 2.22. The minimum Gasteiger partial charge on any atom is -0.530 e. The molecule has 0 fully saturated rings. The van der Waals surface area contributed by atoms with Crippen molar-refractivity contribution in [3.63, 3.8) is 0 Å². The normalized spacial score (nSPS) is 10.2. The Morgan fingerprint density at radius 1 is 1.44 bits per heavy atom. The summed E-state index contributed by atoms with van der Waals surface area (Å²) in [7, 11) is 0. The largest absolute Gasteiger partial charge is 0.530 e. The molecule has 0 spiro atoms. The molecule has 0 unspecified atom stereocenters. The van der Waals surface area contributed by atoms with Gasteiger partial charge in [0, 0.05) is 17.4 Å². The highest BCUT2D eigenvalue weighted by molar-refractivity contribution is 6.29. The fourth-order valence-corrected chi connectivity index (χ4v) is 1.77. The van der Waals surface area contributed by atoms with Crippen LogP contribution in [0, 0.1) is 0 Å². The molecular formula is C12H14ClN2O3-. The number of rotatable bonds is 4.